The number of H-pyrrole nitrogens is 1. The molecule has 2 fully saturated rings. The molecule has 0 unspecified atom stereocenters. The van der Waals surface area contributed by atoms with Crippen LogP contribution >= 0.6 is 11.6 Å². The van der Waals surface area contributed by atoms with Gasteiger partial charge in [0.05, 0.1) is 23.7 Å². The molecule has 2 aliphatic heterocycles. The number of hydrogen-bond donors (Lipinski definition) is 6. The van der Waals surface area contributed by atoms with Crippen LogP contribution in [0.15, 0.2) is 127 Å². The molecule has 0 radical (unpaired) electrons. The zero-order valence-corrected chi connectivity index (χ0v) is 32.5. The molecule has 0 aliphatic carbocycles. The van der Waals surface area contributed by atoms with Gasteiger partial charge in [-0.05, 0) is 90.7 Å². The van der Waals surface area contributed by atoms with Crippen molar-refractivity contribution in [3.05, 3.63) is 144 Å². The molecule has 0 saturated carbocycles. The number of likely N-dealkylation sites (tertiary alicyclic amines) is 2. The summed E-state index contributed by atoms with van der Waals surface area (Å²) in [6.07, 6.45) is 2.65. The fourth-order valence-corrected chi connectivity index (χ4v) is 7.32. The third-order valence-electron chi connectivity index (χ3n) is 10.3. The summed E-state index contributed by atoms with van der Waals surface area (Å²) in [6, 6.07) is 37.5. The van der Waals surface area contributed by atoms with Crippen LogP contribution in [0.25, 0.3) is 22.2 Å². The van der Waals surface area contributed by atoms with Crippen molar-refractivity contribution in [1.82, 2.24) is 20.0 Å². The summed E-state index contributed by atoms with van der Waals surface area (Å²) < 4.78 is 12.2. The Labute approximate surface area is 349 Å². The quantitative estimate of drug-likeness (QED) is 0.116. The van der Waals surface area contributed by atoms with Crippen molar-refractivity contribution in [2.75, 3.05) is 38.0 Å². The number of nitrogens with one attached hydrogen (secondary N) is 2. The molecular formula is C44H49B2ClFN5O6. The molecule has 2 aliphatic rings. The molecule has 6 N–H and O–H groups in total. The normalized spacial score (nSPS) is 15.2. The standard InChI is InChI=1S/C31H32ClN5O2.C6H6BFO2.C6H7BO2.CH4/c32-25-8-4-7-23(17-25)21-12-15-37(16-13-21)29(38)20-36-14-11-24(19-36)31(39)33-26-9-10-28-27(18-26)30(35-34-28)22-5-2-1-3-6-22;8-6-3-1-5(2-4-6)7(9)10;8-7(9)6-4-2-1-3-5-6;/h1-10,17-18,21,24H,11-16,19-20H2,(H,33,39)(H,34,35);1-4,9-10H;1-5,8-9H;1H4/t24-;;;/m1.../s1. The number of nitrogens with zero attached hydrogens (tertiary/aromatic N) is 3. The number of hydrogen-bond acceptors (Lipinski definition) is 8. The number of aromatic nitrogens is 2. The molecule has 5 aromatic carbocycles. The topological polar surface area (TPSA) is 162 Å². The minimum absolute atomic E-state index is 0. The van der Waals surface area contributed by atoms with Crippen LogP contribution in [0.1, 0.15) is 38.2 Å². The van der Waals surface area contributed by atoms with Gasteiger partial charge in [0.2, 0.25) is 11.8 Å². The third-order valence-corrected chi connectivity index (χ3v) is 10.5. The highest BCUT2D eigenvalue weighted by Crippen LogP contribution is 2.31. The van der Waals surface area contributed by atoms with Gasteiger partial charge in [-0.1, -0.05) is 104 Å². The Morgan fingerprint density at radius 1 is 0.780 bits per heavy atom. The number of aromatic amines is 1. The van der Waals surface area contributed by atoms with Crippen molar-refractivity contribution < 1.29 is 34.1 Å². The van der Waals surface area contributed by atoms with Gasteiger partial charge in [0.25, 0.3) is 0 Å². The Balaban J connectivity index is 0.000000271. The smallest absolute Gasteiger partial charge is 0.423 e. The van der Waals surface area contributed by atoms with Gasteiger partial charge in [0.1, 0.15) is 5.82 Å². The first-order valence-corrected chi connectivity index (χ1v) is 19.5. The van der Waals surface area contributed by atoms with Crippen molar-refractivity contribution in [3.8, 4) is 11.3 Å². The summed E-state index contributed by atoms with van der Waals surface area (Å²) in [4.78, 5) is 30.2. The average Bonchev–Trinajstić information content (AvgIpc) is 3.90. The second kappa shape index (κ2) is 21.6. The van der Waals surface area contributed by atoms with Gasteiger partial charge in [0, 0.05) is 41.3 Å². The van der Waals surface area contributed by atoms with Crippen molar-refractivity contribution >= 4 is 65.2 Å². The Bertz CT molecular complexity index is 2240. The van der Waals surface area contributed by atoms with Crippen molar-refractivity contribution in [2.45, 2.75) is 32.6 Å². The molecule has 15 heteroatoms. The first-order valence-electron chi connectivity index (χ1n) is 19.2. The number of benzene rings is 5. The summed E-state index contributed by atoms with van der Waals surface area (Å²) in [7, 11) is -2.85. The molecule has 0 spiro atoms. The van der Waals surface area contributed by atoms with E-state index in [0.29, 0.717) is 29.9 Å². The van der Waals surface area contributed by atoms with Crippen LogP contribution in [0.2, 0.25) is 5.02 Å². The van der Waals surface area contributed by atoms with E-state index < -0.39 is 14.2 Å². The number of fused-ring (bicyclic) bond motifs is 1. The zero-order chi connectivity index (χ0) is 41.0. The molecule has 3 heterocycles. The average molecular weight is 820 g/mol. The van der Waals surface area contributed by atoms with E-state index in [-0.39, 0.29) is 31.0 Å². The summed E-state index contributed by atoms with van der Waals surface area (Å²) in [5.41, 5.74) is 5.64. The number of amides is 2. The SMILES string of the molecule is C.O=C(Nc1ccc2[nH]nc(-c3ccccc3)c2c1)[C@@H]1CCN(CC(=O)N2CCC(c3cccc(Cl)c3)CC2)C1.OB(O)c1ccc(F)cc1.OB(O)c1ccccc1. The number of piperidine rings is 1. The van der Waals surface area contributed by atoms with Crippen molar-refractivity contribution in [2.24, 2.45) is 5.92 Å². The van der Waals surface area contributed by atoms with Gasteiger partial charge in [-0.3, -0.25) is 19.6 Å². The van der Waals surface area contributed by atoms with Gasteiger partial charge in [-0.2, -0.15) is 5.10 Å². The summed E-state index contributed by atoms with van der Waals surface area (Å²) in [5.74, 6) is 0.0675. The minimum Gasteiger partial charge on any atom is -0.423 e. The van der Waals surface area contributed by atoms with Crippen LogP contribution in [-0.2, 0) is 9.59 Å². The fraction of sp³-hybridized carbons (Fsp3) is 0.250. The minimum atomic E-state index is -1.51. The van der Waals surface area contributed by atoms with E-state index in [1.807, 2.05) is 77.7 Å². The first-order chi connectivity index (χ1) is 28.0. The van der Waals surface area contributed by atoms with Crippen LogP contribution in [0, 0.1) is 11.7 Å². The molecule has 306 valence electrons. The number of halogens is 2. The van der Waals surface area contributed by atoms with Crippen LogP contribution in [-0.4, -0.2) is 98.9 Å². The van der Waals surface area contributed by atoms with Crippen LogP contribution < -0.4 is 16.2 Å². The predicted molar refractivity (Wildman–Crippen MR) is 234 cm³/mol. The molecule has 1 aromatic heterocycles. The lowest BCUT2D eigenvalue weighted by molar-refractivity contribution is -0.133. The van der Waals surface area contributed by atoms with E-state index in [0.717, 1.165) is 71.8 Å². The molecule has 8 rings (SSSR count). The van der Waals surface area contributed by atoms with Gasteiger partial charge < -0.3 is 30.3 Å². The van der Waals surface area contributed by atoms with E-state index in [9.17, 15) is 14.0 Å². The number of carbonyl (C=O) groups excluding carboxylic acids is 2. The molecule has 2 saturated heterocycles. The van der Waals surface area contributed by atoms with E-state index in [1.165, 1.54) is 29.8 Å². The highest BCUT2D eigenvalue weighted by Gasteiger charge is 2.31. The van der Waals surface area contributed by atoms with Crippen LogP contribution in [0.5, 0.6) is 0 Å². The molecule has 59 heavy (non-hydrogen) atoms. The maximum absolute atomic E-state index is 13.1. The van der Waals surface area contributed by atoms with Crippen molar-refractivity contribution in [1.29, 1.82) is 0 Å². The maximum atomic E-state index is 13.1. The molecule has 6 aromatic rings. The van der Waals surface area contributed by atoms with Crippen LogP contribution in [0.3, 0.4) is 0 Å². The summed E-state index contributed by atoms with van der Waals surface area (Å²) in [6.45, 7) is 3.24. The summed E-state index contributed by atoms with van der Waals surface area (Å²) >= 11 is 6.16. The zero-order valence-electron chi connectivity index (χ0n) is 31.8. The molecule has 11 nitrogen and oxygen atoms in total. The van der Waals surface area contributed by atoms with Gasteiger partial charge in [-0.25, -0.2) is 4.39 Å². The second-order valence-corrected chi connectivity index (χ2v) is 14.8. The van der Waals surface area contributed by atoms with E-state index in [4.69, 9.17) is 31.7 Å². The predicted octanol–water partition coefficient (Wildman–Crippen LogP) is 5.06. The van der Waals surface area contributed by atoms with Gasteiger partial charge in [0.15, 0.2) is 0 Å². The third kappa shape index (κ3) is 12.6. The lowest BCUT2D eigenvalue weighted by Gasteiger charge is -2.33. The fourth-order valence-electron chi connectivity index (χ4n) is 7.12. The maximum Gasteiger partial charge on any atom is 0.488 e. The summed E-state index contributed by atoms with van der Waals surface area (Å²) in [5, 5.41) is 46.6. The highest BCUT2D eigenvalue weighted by atomic mass is 35.5. The molecule has 1 atom stereocenters. The van der Waals surface area contributed by atoms with E-state index >= 15 is 0 Å². The Morgan fingerprint density at radius 3 is 2.05 bits per heavy atom. The largest absolute Gasteiger partial charge is 0.488 e. The lowest BCUT2D eigenvalue weighted by atomic mass is 9.80. The van der Waals surface area contributed by atoms with Crippen molar-refractivity contribution in [3.63, 3.8) is 0 Å². The van der Waals surface area contributed by atoms with Gasteiger partial charge in [-0.15, -0.1) is 0 Å². The lowest BCUT2D eigenvalue weighted by Crippen LogP contribution is -2.43. The number of rotatable bonds is 8. The number of carbonyl (C=O) groups is 2. The Morgan fingerprint density at radius 2 is 1.42 bits per heavy atom. The monoisotopic (exact) mass is 819 g/mol. The van der Waals surface area contributed by atoms with Gasteiger partial charge >= 0.3 is 14.2 Å². The van der Waals surface area contributed by atoms with Crippen LogP contribution in [0.4, 0.5) is 10.1 Å². The van der Waals surface area contributed by atoms with E-state index in [1.54, 1.807) is 24.3 Å². The highest BCUT2D eigenvalue weighted by molar-refractivity contribution is 6.58. The molecule has 2 amide bonds. The second-order valence-electron chi connectivity index (χ2n) is 14.3. The Kier molecular flexibility index (Phi) is 16.4. The molecular weight excluding hydrogens is 771 g/mol. The van der Waals surface area contributed by atoms with E-state index in [2.05, 4.69) is 26.5 Å². The first kappa shape index (κ1) is 44.8. The Hall–Kier alpha value is -5.34. The molecule has 0 bridgehead atoms. The number of anilines is 1.